The number of rotatable bonds is 4. The van der Waals surface area contributed by atoms with Gasteiger partial charge < -0.3 is 19.3 Å². The first-order valence-corrected chi connectivity index (χ1v) is 6.86. The predicted octanol–water partition coefficient (Wildman–Crippen LogP) is 2.10. The Morgan fingerprint density at radius 3 is 2.78 bits per heavy atom. The quantitative estimate of drug-likeness (QED) is 0.762. The lowest BCUT2D eigenvalue weighted by molar-refractivity contribution is 0.120. The van der Waals surface area contributed by atoms with Crippen molar-refractivity contribution in [1.82, 2.24) is 0 Å². The van der Waals surface area contributed by atoms with Gasteiger partial charge in [-0.2, -0.15) is 0 Å². The Morgan fingerprint density at radius 1 is 1.39 bits per heavy atom. The minimum Gasteiger partial charge on any atom is -0.466 e. The van der Waals surface area contributed by atoms with Crippen molar-refractivity contribution in [3.05, 3.63) is 48.3 Å². The van der Waals surface area contributed by atoms with E-state index in [1.54, 1.807) is 6.08 Å². The smallest absolute Gasteiger partial charge is 0.466 e. The predicted molar refractivity (Wildman–Crippen MR) is 62.8 cm³/mol. The lowest BCUT2D eigenvalue weighted by Crippen LogP contribution is -2.20. The summed E-state index contributed by atoms with van der Waals surface area (Å²) in [6.07, 6.45) is 9.88. The van der Waals surface area contributed by atoms with Crippen molar-refractivity contribution in [2.24, 2.45) is 0 Å². The minimum atomic E-state index is -4.62. The molecule has 0 aromatic heterocycles. The monoisotopic (exact) mass is 272 g/mol. The fraction of sp³-hybridized carbons (Fsp3) is 0.273. The molecule has 0 aromatic carbocycles. The van der Waals surface area contributed by atoms with E-state index in [1.807, 2.05) is 12.2 Å². The van der Waals surface area contributed by atoms with E-state index < -0.39 is 13.9 Å². The average molecular weight is 272 g/mol. The molecular weight excluding hydrogens is 259 g/mol. The van der Waals surface area contributed by atoms with Gasteiger partial charge in [-0.05, 0) is 18.4 Å². The standard InChI is InChI=1S/C11H13O6P/c12-18(13,14)17-11(9-4-2-1-3-5-9)10-8-15-6-7-16-10/h1-2,4,6-8,11H,3,5H2,(H2,12,13,14). The highest BCUT2D eigenvalue weighted by Crippen LogP contribution is 2.42. The van der Waals surface area contributed by atoms with E-state index in [-0.39, 0.29) is 5.76 Å². The molecule has 2 N–H and O–H groups in total. The van der Waals surface area contributed by atoms with Crippen LogP contribution in [0, 0.1) is 0 Å². The first-order chi connectivity index (χ1) is 8.56. The van der Waals surface area contributed by atoms with Gasteiger partial charge in [0.1, 0.15) is 18.8 Å². The second kappa shape index (κ2) is 5.54. The fourth-order valence-corrected chi connectivity index (χ4v) is 2.19. The lowest BCUT2D eigenvalue weighted by atomic mass is 9.99. The van der Waals surface area contributed by atoms with Gasteiger partial charge in [-0.3, -0.25) is 4.52 Å². The summed E-state index contributed by atoms with van der Waals surface area (Å²) in [5.74, 6) is 0.211. The number of phosphoric ester groups is 1. The third-order valence-corrected chi connectivity index (χ3v) is 2.89. The first-order valence-electron chi connectivity index (χ1n) is 5.33. The molecule has 2 aliphatic rings. The molecule has 0 fully saturated rings. The van der Waals surface area contributed by atoms with Crippen molar-refractivity contribution in [3.63, 3.8) is 0 Å². The Kier molecular flexibility index (Phi) is 4.04. The number of hydrogen-bond donors (Lipinski definition) is 2. The Hall–Kier alpha value is -1.33. The highest BCUT2D eigenvalue weighted by molar-refractivity contribution is 7.46. The Balaban J connectivity index is 2.22. The maximum atomic E-state index is 11.0. The van der Waals surface area contributed by atoms with Gasteiger partial charge in [0.2, 0.25) is 0 Å². The summed E-state index contributed by atoms with van der Waals surface area (Å²) in [5, 5.41) is 0. The Labute approximate surface area is 104 Å². The molecule has 1 aliphatic heterocycles. The maximum absolute atomic E-state index is 11.0. The fourth-order valence-electron chi connectivity index (χ4n) is 1.68. The van der Waals surface area contributed by atoms with Crippen LogP contribution in [0.25, 0.3) is 0 Å². The van der Waals surface area contributed by atoms with Crippen LogP contribution in [-0.4, -0.2) is 15.9 Å². The second-order valence-electron chi connectivity index (χ2n) is 3.73. The first kappa shape index (κ1) is 13.1. The van der Waals surface area contributed by atoms with Crippen LogP contribution in [0.4, 0.5) is 0 Å². The van der Waals surface area contributed by atoms with Crippen LogP contribution < -0.4 is 0 Å². The zero-order valence-corrected chi connectivity index (χ0v) is 10.3. The second-order valence-corrected chi connectivity index (χ2v) is 4.92. The molecule has 2 rings (SSSR count). The van der Waals surface area contributed by atoms with E-state index in [2.05, 4.69) is 0 Å². The molecule has 0 radical (unpaired) electrons. The van der Waals surface area contributed by atoms with E-state index in [9.17, 15) is 4.57 Å². The summed E-state index contributed by atoms with van der Waals surface area (Å²) in [6, 6.07) is 0. The van der Waals surface area contributed by atoms with Gasteiger partial charge in [-0.25, -0.2) is 4.57 Å². The molecule has 1 heterocycles. The zero-order valence-electron chi connectivity index (χ0n) is 9.43. The molecule has 7 heteroatoms. The summed E-state index contributed by atoms with van der Waals surface area (Å²) in [5.41, 5.74) is 0.728. The minimum absolute atomic E-state index is 0.211. The number of phosphoric acid groups is 1. The van der Waals surface area contributed by atoms with E-state index in [4.69, 9.17) is 23.8 Å². The van der Waals surface area contributed by atoms with Gasteiger partial charge in [0.15, 0.2) is 11.9 Å². The molecule has 1 unspecified atom stereocenters. The molecule has 6 nitrogen and oxygen atoms in total. The number of allylic oxidation sites excluding steroid dienone is 3. The van der Waals surface area contributed by atoms with Crippen molar-refractivity contribution in [1.29, 1.82) is 0 Å². The molecular formula is C11H13O6P. The summed E-state index contributed by atoms with van der Waals surface area (Å²) >= 11 is 0. The summed E-state index contributed by atoms with van der Waals surface area (Å²) in [4.78, 5) is 17.9. The topological polar surface area (TPSA) is 85.2 Å². The van der Waals surface area contributed by atoms with Gasteiger partial charge >= 0.3 is 7.82 Å². The Bertz CT molecular complexity index is 470. The molecule has 1 atom stereocenters. The zero-order chi connectivity index (χ0) is 13.0. The van der Waals surface area contributed by atoms with Crippen molar-refractivity contribution in [2.45, 2.75) is 18.9 Å². The van der Waals surface area contributed by atoms with Gasteiger partial charge in [-0.15, -0.1) is 0 Å². The van der Waals surface area contributed by atoms with Crippen LogP contribution in [0.1, 0.15) is 12.8 Å². The van der Waals surface area contributed by atoms with Crippen LogP contribution in [0.15, 0.2) is 48.3 Å². The normalized spacial score (nSPS) is 20.6. The van der Waals surface area contributed by atoms with Crippen molar-refractivity contribution >= 4 is 7.82 Å². The van der Waals surface area contributed by atoms with Gasteiger partial charge in [0.05, 0.1) is 0 Å². The average Bonchev–Trinajstić information content (AvgIpc) is 2.37. The summed E-state index contributed by atoms with van der Waals surface area (Å²) in [6.45, 7) is 0. The molecule has 0 bridgehead atoms. The van der Waals surface area contributed by atoms with Crippen molar-refractivity contribution in [2.75, 3.05) is 0 Å². The third kappa shape index (κ3) is 3.58. The number of ether oxygens (including phenoxy) is 2. The van der Waals surface area contributed by atoms with Crippen molar-refractivity contribution in [3.8, 4) is 0 Å². The molecule has 98 valence electrons. The highest BCUT2D eigenvalue weighted by Gasteiger charge is 2.30. The molecule has 0 aromatic rings. The van der Waals surface area contributed by atoms with E-state index in [0.717, 1.165) is 12.0 Å². The van der Waals surface area contributed by atoms with Crippen LogP contribution in [0.3, 0.4) is 0 Å². The molecule has 0 saturated heterocycles. The van der Waals surface area contributed by atoms with E-state index >= 15 is 0 Å². The Morgan fingerprint density at radius 2 is 2.22 bits per heavy atom. The molecule has 0 amide bonds. The van der Waals surface area contributed by atoms with Gasteiger partial charge in [-0.1, -0.05) is 18.2 Å². The summed E-state index contributed by atoms with van der Waals surface area (Å²) < 4.78 is 25.9. The largest absolute Gasteiger partial charge is 0.470 e. The van der Waals surface area contributed by atoms with Gasteiger partial charge in [0.25, 0.3) is 0 Å². The molecule has 0 saturated carbocycles. The SMILES string of the molecule is O=P(O)(O)OC(C1=CC=CCC1)C1=COC=CO1. The third-order valence-electron chi connectivity index (χ3n) is 2.41. The summed E-state index contributed by atoms with van der Waals surface area (Å²) in [7, 11) is -4.62. The maximum Gasteiger partial charge on any atom is 0.470 e. The van der Waals surface area contributed by atoms with Crippen LogP contribution in [-0.2, 0) is 18.6 Å². The van der Waals surface area contributed by atoms with Gasteiger partial charge in [0, 0.05) is 0 Å². The number of hydrogen-bond acceptors (Lipinski definition) is 4. The van der Waals surface area contributed by atoms with Crippen LogP contribution >= 0.6 is 7.82 Å². The molecule has 0 spiro atoms. The molecule has 18 heavy (non-hydrogen) atoms. The van der Waals surface area contributed by atoms with E-state index in [0.29, 0.717) is 6.42 Å². The highest BCUT2D eigenvalue weighted by atomic mass is 31.2. The van der Waals surface area contributed by atoms with E-state index in [1.165, 1.54) is 18.8 Å². The van der Waals surface area contributed by atoms with Crippen molar-refractivity contribution < 1.29 is 28.3 Å². The van der Waals surface area contributed by atoms with Crippen LogP contribution in [0.2, 0.25) is 0 Å². The van der Waals surface area contributed by atoms with Crippen LogP contribution in [0.5, 0.6) is 0 Å². The molecule has 1 aliphatic carbocycles. The lowest BCUT2D eigenvalue weighted by Gasteiger charge is -2.24.